The zero-order chi connectivity index (χ0) is 7.15. The van der Waals surface area contributed by atoms with Crippen LogP contribution >= 0.6 is 0 Å². The molecule has 0 aromatic carbocycles. The number of nitrogens with zero attached hydrogens (tertiary/aromatic N) is 2. The third-order valence-corrected chi connectivity index (χ3v) is 0. The molecule has 9 heavy (non-hydrogen) atoms. The maximum Gasteiger partial charge on any atom is 1.00 e. The van der Waals surface area contributed by atoms with E-state index in [9.17, 15) is 0 Å². The fourth-order valence-electron chi connectivity index (χ4n) is 0. The van der Waals surface area contributed by atoms with Gasteiger partial charge in [-0.2, -0.15) is 0 Å². The SMILES string of the molecule is CN(C)C.CN(C)C.[Na+]. The summed E-state index contributed by atoms with van der Waals surface area (Å²) >= 11 is 0. The van der Waals surface area contributed by atoms with E-state index in [0.29, 0.717) is 0 Å². The van der Waals surface area contributed by atoms with Gasteiger partial charge in [0, 0.05) is 0 Å². The molecule has 52 valence electrons. The summed E-state index contributed by atoms with van der Waals surface area (Å²) in [6, 6.07) is 0. The topological polar surface area (TPSA) is 6.48 Å². The van der Waals surface area contributed by atoms with Crippen molar-refractivity contribution in [2.45, 2.75) is 0 Å². The number of rotatable bonds is 0. The van der Waals surface area contributed by atoms with E-state index < -0.39 is 0 Å². The Bertz CT molecular complexity index is 26.5. The van der Waals surface area contributed by atoms with Gasteiger partial charge in [0.05, 0.1) is 0 Å². The Hall–Kier alpha value is 0.920. The molecule has 0 radical (unpaired) electrons. The summed E-state index contributed by atoms with van der Waals surface area (Å²) in [5.41, 5.74) is 0. The molecule has 2 nitrogen and oxygen atoms in total. The minimum atomic E-state index is 0. The Balaban J connectivity index is -0.0000000720. The molecule has 0 N–H and O–H groups in total. The largest absolute Gasteiger partial charge is 1.00 e. The summed E-state index contributed by atoms with van der Waals surface area (Å²) in [6.07, 6.45) is 0. The van der Waals surface area contributed by atoms with Crippen molar-refractivity contribution in [3.63, 3.8) is 0 Å². The van der Waals surface area contributed by atoms with Crippen molar-refractivity contribution in [2.24, 2.45) is 0 Å². The fourth-order valence-corrected chi connectivity index (χ4v) is 0. The molecule has 0 unspecified atom stereocenters. The van der Waals surface area contributed by atoms with Crippen LogP contribution < -0.4 is 29.6 Å². The second-order valence-corrected chi connectivity index (χ2v) is 2.68. The van der Waals surface area contributed by atoms with Crippen molar-refractivity contribution in [2.75, 3.05) is 42.3 Å². The van der Waals surface area contributed by atoms with Gasteiger partial charge in [-0.1, -0.05) is 0 Å². The first-order chi connectivity index (χ1) is 3.46. The second kappa shape index (κ2) is 11.7. The summed E-state index contributed by atoms with van der Waals surface area (Å²) in [5.74, 6) is 0. The molecule has 0 spiro atoms. The first-order valence-electron chi connectivity index (χ1n) is 2.68. The Morgan fingerprint density at radius 3 is 0.556 bits per heavy atom. The molecule has 0 aliphatic carbocycles. The molecule has 0 atom stereocenters. The molecule has 0 aromatic heterocycles. The quantitative estimate of drug-likeness (QED) is 0.340. The van der Waals surface area contributed by atoms with E-state index in [-0.39, 0.29) is 29.6 Å². The minimum Gasteiger partial charge on any atom is -0.312 e. The molecule has 0 bridgehead atoms. The Morgan fingerprint density at radius 1 is 0.556 bits per heavy atom. The molecule has 0 aliphatic heterocycles. The summed E-state index contributed by atoms with van der Waals surface area (Å²) < 4.78 is 0. The van der Waals surface area contributed by atoms with E-state index in [1.54, 1.807) is 0 Å². The molecule has 0 heterocycles. The van der Waals surface area contributed by atoms with Gasteiger partial charge >= 0.3 is 29.6 Å². The Kier molecular flexibility index (Phi) is 21.4. The van der Waals surface area contributed by atoms with E-state index in [1.165, 1.54) is 0 Å². The van der Waals surface area contributed by atoms with E-state index in [4.69, 9.17) is 0 Å². The van der Waals surface area contributed by atoms with E-state index >= 15 is 0 Å². The molecule has 0 fully saturated rings. The monoisotopic (exact) mass is 141 g/mol. The van der Waals surface area contributed by atoms with Gasteiger partial charge in [0.1, 0.15) is 0 Å². The van der Waals surface area contributed by atoms with Crippen LogP contribution in [0, 0.1) is 0 Å². The van der Waals surface area contributed by atoms with Crippen molar-refractivity contribution in [1.29, 1.82) is 0 Å². The molecular formula is C6H18N2Na+. The normalized spacial score (nSPS) is 8.00. The van der Waals surface area contributed by atoms with Crippen LogP contribution in [0.2, 0.25) is 0 Å². The zero-order valence-corrected chi connectivity index (χ0v) is 9.89. The minimum absolute atomic E-state index is 0. The van der Waals surface area contributed by atoms with Gasteiger partial charge in [0.2, 0.25) is 0 Å². The first kappa shape index (κ1) is 16.5. The molecule has 3 heteroatoms. The average molecular weight is 141 g/mol. The predicted octanol–water partition coefficient (Wildman–Crippen LogP) is -2.64. The van der Waals surface area contributed by atoms with Gasteiger partial charge in [0.25, 0.3) is 0 Å². The Morgan fingerprint density at radius 2 is 0.556 bits per heavy atom. The molecule has 0 amide bonds. The molecule has 0 rings (SSSR count). The van der Waals surface area contributed by atoms with E-state index in [2.05, 4.69) is 0 Å². The standard InChI is InChI=1S/2C3H9N.Na/c2*1-4(2)3;/h2*1-3H3;/q;;+1. The van der Waals surface area contributed by atoms with Crippen molar-refractivity contribution in [3.05, 3.63) is 0 Å². The first-order valence-corrected chi connectivity index (χ1v) is 2.68. The average Bonchev–Trinajstić information content (AvgIpc) is 1.25. The van der Waals surface area contributed by atoms with Gasteiger partial charge < -0.3 is 9.80 Å². The van der Waals surface area contributed by atoms with Crippen molar-refractivity contribution in [1.82, 2.24) is 9.80 Å². The zero-order valence-electron chi connectivity index (χ0n) is 7.89. The molecule has 0 aromatic rings. The molecule has 0 saturated carbocycles. The van der Waals surface area contributed by atoms with Crippen LogP contribution in [0.5, 0.6) is 0 Å². The van der Waals surface area contributed by atoms with Crippen LogP contribution in [0.3, 0.4) is 0 Å². The molecule has 0 saturated heterocycles. The van der Waals surface area contributed by atoms with Gasteiger partial charge in [0.15, 0.2) is 0 Å². The van der Waals surface area contributed by atoms with Crippen molar-refractivity contribution >= 4 is 0 Å². The summed E-state index contributed by atoms with van der Waals surface area (Å²) in [7, 11) is 12.0. The van der Waals surface area contributed by atoms with Gasteiger partial charge in [-0.15, -0.1) is 0 Å². The van der Waals surface area contributed by atoms with Crippen LogP contribution in [-0.4, -0.2) is 52.1 Å². The van der Waals surface area contributed by atoms with Crippen molar-refractivity contribution < 1.29 is 29.6 Å². The molecule has 0 aliphatic rings. The van der Waals surface area contributed by atoms with Crippen LogP contribution in [0.25, 0.3) is 0 Å². The van der Waals surface area contributed by atoms with E-state index in [1.807, 2.05) is 52.1 Å². The maximum absolute atomic E-state index is 2.00. The fraction of sp³-hybridized carbons (Fsp3) is 1.00. The second-order valence-electron chi connectivity index (χ2n) is 2.68. The maximum atomic E-state index is 2.00. The van der Waals surface area contributed by atoms with Gasteiger partial charge in [-0.05, 0) is 42.3 Å². The van der Waals surface area contributed by atoms with Crippen LogP contribution in [0.1, 0.15) is 0 Å². The van der Waals surface area contributed by atoms with Crippen molar-refractivity contribution in [3.8, 4) is 0 Å². The number of hydrogen-bond donors (Lipinski definition) is 0. The van der Waals surface area contributed by atoms with Crippen LogP contribution in [0.15, 0.2) is 0 Å². The van der Waals surface area contributed by atoms with Crippen LogP contribution in [0.4, 0.5) is 0 Å². The number of hydrogen-bond acceptors (Lipinski definition) is 2. The van der Waals surface area contributed by atoms with Gasteiger partial charge in [-0.3, -0.25) is 0 Å². The summed E-state index contributed by atoms with van der Waals surface area (Å²) in [6.45, 7) is 0. The molecular weight excluding hydrogens is 123 g/mol. The third-order valence-electron chi connectivity index (χ3n) is 0. The smallest absolute Gasteiger partial charge is 0.312 e. The van der Waals surface area contributed by atoms with E-state index in [0.717, 1.165) is 0 Å². The Labute approximate surface area is 81.5 Å². The van der Waals surface area contributed by atoms with Crippen LogP contribution in [-0.2, 0) is 0 Å². The summed E-state index contributed by atoms with van der Waals surface area (Å²) in [4.78, 5) is 4.00. The third kappa shape index (κ3) is 505. The summed E-state index contributed by atoms with van der Waals surface area (Å²) in [5, 5.41) is 0. The van der Waals surface area contributed by atoms with Gasteiger partial charge in [-0.25, -0.2) is 0 Å². The predicted molar refractivity (Wildman–Crippen MR) is 39.2 cm³/mol.